The number of carbonyl (C=O) groups excluding carboxylic acids is 1. The summed E-state index contributed by atoms with van der Waals surface area (Å²) in [6.07, 6.45) is 3.45. The second-order valence-electron chi connectivity index (χ2n) is 5.59. The molecule has 0 unspecified atom stereocenters. The van der Waals surface area contributed by atoms with Crippen LogP contribution in [0.2, 0.25) is 0 Å². The summed E-state index contributed by atoms with van der Waals surface area (Å²) in [4.78, 5) is 12.1. The van der Waals surface area contributed by atoms with E-state index >= 15 is 0 Å². The minimum Gasteiger partial charge on any atom is -0.488 e. The zero-order chi connectivity index (χ0) is 17.9. The summed E-state index contributed by atoms with van der Waals surface area (Å²) in [5, 5.41) is 12.1. The molecule has 0 bridgehead atoms. The topological polar surface area (TPSA) is 62.1 Å². The highest BCUT2D eigenvalue weighted by Gasteiger charge is 2.10. The van der Waals surface area contributed by atoms with E-state index in [0.29, 0.717) is 24.5 Å². The van der Waals surface area contributed by atoms with Gasteiger partial charge in [-0.2, -0.15) is 5.26 Å². The summed E-state index contributed by atoms with van der Waals surface area (Å²) in [5.74, 6) is 0.286. The first-order chi connectivity index (χ1) is 12.2. The quantitative estimate of drug-likeness (QED) is 0.449. The van der Waals surface area contributed by atoms with Gasteiger partial charge in [0.2, 0.25) is 0 Å². The van der Waals surface area contributed by atoms with Crippen molar-refractivity contribution >= 4 is 12.0 Å². The smallest absolute Gasteiger partial charge is 0.261 e. The maximum atomic E-state index is 12.1. The zero-order valence-corrected chi connectivity index (χ0v) is 14.4. The lowest BCUT2D eigenvalue weighted by atomic mass is 10.1. The zero-order valence-electron chi connectivity index (χ0n) is 14.4. The van der Waals surface area contributed by atoms with Gasteiger partial charge < -0.3 is 10.1 Å². The number of ether oxygens (including phenoxy) is 1. The average Bonchev–Trinajstić information content (AvgIpc) is 2.66. The number of carbonyl (C=O) groups is 1. The number of nitrogens with zero attached hydrogens (tertiary/aromatic N) is 1. The fourth-order valence-electron chi connectivity index (χ4n) is 2.24. The van der Waals surface area contributed by atoms with Gasteiger partial charge in [-0.05, 0) is 24.1 Å². The molecule has 0 saturated carbocycles. The number of hydrogen-bond acceptors (Lipinski definition) is 3. The average molecular weight is 334 g/mol. The number of hydrogen-bond donors (Lipinski definition) is 1. The third-order valence-electron chi connectivity index (χ3n) is 3.64. The normalized spacial score (nSPS) is 10.8. The molecule has 1 amide bonds. The highest BCUT2D eigenvalue weighted by Crippen LogP contribution is 2.22. The van der Waals surface area contributed by atoms with Crippen molar-refractivity contribution in [1.82, 2.24) is 5.32 Å². The fraction of sp³-hybridized carbons (Fsp3) is 0.238. The number of para-hydroxylation sites is 1. The van der Waals surface area contributed by atoms with Crippen LogP contribution in [0.15, 0.2) is 60.2 Å². The molecule has 2 aromatic carbocycles. The molecule has 0 aliphatic rings. The van der Waals surface area contributed by atoms with Gasteiger partial charge in [0.15, 0.2) is 0 Å². The summed E-state index contributed by atoms with van der Waals surface area (Å²) < 4.78 is 5.86. The molecule has 0 heterocycles. The second kappa shape index (κ2) is 9.94. The number of rotatable bonds is 8. The molecule has 0 radical (unpaired) electrons. The standard InChI is InChI=1S/C21H22N2O2/c1-2-3-13-23-21(24)19(15-22)14-18-11-7-8-12-20(18)25-16-17-9-5-4-6-10-17/h4-12,14H,2-3,13,16H2,1H3,(H,23,24)/b19-14-. The lowest BCUT2D eigenvalue weighted by molar-refractivity contribution is -0.117. The van der Waals surface area contributed by atoms with E-state index in [1.165, 1.54) is 0 Å². The molecule has 1 N–H and O–H groups in total. The summed E-state index contributed by atoms with van der Waals surface area (Å²) in [6, 6.07) is 19.2. The van der Waals surface area contributed by atoms with E-state index < -0.39 is 0 Å². The maximum absolute atomic E-state index is 12.1. The van der Waals surface area contributed by atoms with Crippen molar-refractivity contribution < 1.29 is 9.53 Å². The molecule has 0 fully saturated rings. The summed E-state index contributed by atoms with van der Waals surface area (Å²) in [5.41, 5.74) is 1.84. The van der Waals surface area contributed by atoms with Crippen molar-refractivity contribution in [3.63, 3.8) is 0 Å². The number of nitriles is 1. The van der Waals surface area contributed by atoms with Crippen LogP contribution in [0.1, 0.15) is 30.9 Å². The molecule has 0 aliphatic heterocycles. The predicted octanol–water partition coefficient (Wildman–Crippen LogP) is 4.09. The largest absolute Gasteiger partial charge is 0.488 e. The Balaban J connectivity index is 2.12. The third kappa shape index (κ3) is 5.82. The SMILES string of the molecule is CCCCNC(=O)/C(C#N)=C\c1ccccc1OCc1ccccc1. The van der Waals surface area contributed by atoms with Crippen LogP contribution < -0.4 is 10.1 Å². The fourth-order valence-corrected chi connectivity index (χ4v) is 2.24. The number of nitrogens with one attached hydrogen (secondary N) is 1. The Morgan fingerprint density at radius 3 is 2.60 bits per heavy atom. The van der Waals surface area contributed by atoms with Gasteiger partial charge in [-0.25, -0.2) is 0 Å². The Labute approximate surface area is 148 Å². The van der Waals surface area contributed by atoms with Crippen LogP contribution in [-0.4, -0.2) is 12.5 Å². The van der Waals surface area contributed by atoms with Crippen molar-refractivity contribution in [2.24, 2.45) is 0 Å². The van der Waals surface area contributed by atoms with Crippen LogP contribution in [0.3, 0.4) is 0 Å². The molecule has 0 saturated heterocycles. The predicted molar refractivity (Wildman–Crippen MR) is 98.7 cm³/mol. The summed E-state index contributed by atoms with van der Waals surface area (Å²) in [7, 11) is 0. The van der Waals surface area contributed by atoms with Gasteiger partial charge in [-0.3, -0.25) is 4.79 Å². The molecule has 0 spiro atoms. The Hall–Kier alpha value is -3.06. The van der Waals surface area contributed by atoms with Gasteiger partial charge in [0.1, 0.15) is 24.0 Å². The van der Waals surface area contributed by atoms with Crippen LogP contribution in [0.25, 0.3) is 6.08 Å². The van der Waals surface area contributed by atoms with Gasteiger partial charge in [0.05, 0.1) is 0 Å². The van der Waals surface area contributed by atoms with Gasteiger partial charge in [0.25, 0.3) is 5.91 Å². The lowest BCUT2D eigenvalue weighted by Crippen LogP contribution is -2.25. The van der Waals surface area contributed by atoms with Crippen molar-refractivity contribution in [3.05, 3.63) is 71.3 Å². The Morgan fingerprint density at radius 2 is 1.88 bits per heavy atom. The number of unbranched alkanes of at least 4 members (excludes halogenated alkanes) is 1. The summed E-state index contributed by atoms with van der Waals surface area (Å²) in [6.45, 7) is 3.05. The minimum absolute atomic E-state index is 0.0758. The van der Waals surface area contributed by atoms with Crippen molar-refractivity contribution in [1.29, 1.82) is 5.26 Å². The first-order valence-corrected chi connectivity index (χ1v) is 8.40. The minimum atomic E-state index is -0.353. The monoisotopic (exact) mass is 334 g/mol. The first-order valence-electron chi connectivity index (χ1n) is 8.40. The maximum Gasteiger partial charge on any atom is 0.261 e. The highest BCUT2D eigenvalue weighted by molar-refractivity contribution is 6.01. The highest BCUT2D eigenvalue weighted by atomic mass is 16.5. The Bertz CT molecular complexity index is 761. The summed E-state index contributed by atoms with van der Waals surface area (Å²) >= 11 is 0. The number of benzene rings is 2. The van der Waals surface area contributed by atoms with Gasteiger partial charge in [-0.15, -0.1) is 0 Å². The molecule has 2 rings (SSSR count). The van der Waals surface area contributed by atoms with Crippen molar-refractivity contribution in [3.8, 4) is 11.8 Å². The molecule has 4 heteroatoms. The van der Waals surface area contributed by atoms with Crippen LogP contribution in [0.5, 0.6) is 5.75 Å². The molecule has 0 atom stereocenters. The van der Waals surface area contributed by atoms with E-state index in [-0.39, 0.29) is 11.5 Å². The van der Waals surface area contributed by atoms with E-state index in [9.17, 15) is 10.1 Å². The molecule has 0 aliphatic carbocycles. The van der Waals surface area contributed by atoms with Gasteiger partial charge >= 0.3 is 0 Å². The van der Waals surface area contributed by atoms with Crippen LogP contribution >= 0.6 is 0 Å². The third-order valence-corrected chi connectivity index (χ3v) is 3.64. The number of amides is 1. The van der Waals surface area contributed by atoms with Gasteiger partial charge in [-0.1, -0.05) is 61.9 Å². The van der Waals surface area contributed by atoms with Crippen LogP contribution in [0, 0.1) is 11.3 Å². The van der Waals surface area contributed by atoms with Gasteiger partial charge in [0, 0.05) is 12.1 Å². The molecule has 4 nitrogen and oxygen atoms in total. The Morgan fingerprint density at radius 1 is 1.16 bits per heavy atom. The molecule has 128 valence electrons. The lowest BCUT2D eigenvalue weighted by Gasteiger charge is -2.10. The molecular formula is C21H22N2O2. The van der Waals surface area contributed by atoms with E-state index in [0.717, 1.165) is 18.4 Å². The molecule has 25 heavy (non-hydrogen) atoms. The van der Waals surface area contributed by atoms with E-state index in [1.807, 2.05) is 67.6 Å². The first kappa shape index (κ1) is 18.3. The van der Waals surface area contributed by atoms with E-state index in [1.54, 1.807) is 6.08 Å². The van der Waals surface area contributed by atoms with Crippen molar-refractivity contribution in [2.75, 3.05) is 6.54 Å². The van der Waals surface area contributed by atoms with E-state index in [4.69, 9.17) is 4.74 Å². The Kier molecular flexibility index (Phi) is 7.27. The molecule has 0 aromatic heterocycles. The van der Waals surface area contributed by atoms with E-state index in [2.05, 4.69) is 5.32 Å². The van der Waals surface area contributed by atoms with Crippen LogP contribution in [-0.2, 0) is 11.4 Å². The van der Waals surface area contributed by atoms with Crippen molar-refractivity contribution in [2.45, 2.75) is 26.4 Å². The second-order valence-corrected chi connectivity index (χ2v) is 5.59. The molecular weight excluding hydrogens is 312 g/mol. The molecule has 2 aromatic rings. The van der Waals surface area contributed by atoms with Crippen LogP contribution in [0.4, 0.5) is 0 Å².